The third kappa shape index (κ3) is 29.0. The molecule has 0 saturated heterocycles. The Morgan fingerprint density at radius 3 is 0.921 bits per heavy atom. The third-order valence-corrected chi connectivity index (χ3v) is 13.0. The Morgan fingerprint density at radius 2 is 0.605 bits per heavy atom. The van der Waals surface area contributed by atoms with Gasteiger partial charge in [-0.25, -0.2) is 0 Å². The van der Waals surface area contributed by atoms with E-state index in [0.29, 0.717) is 0 Å². The van der Waals surface area contributed by atoms with Crippen molar-refractivity contribution in [1.29, 1.82) is 0 Å². The fourth-order valence-electron chi connectivity index (χ4n) is 6.09. The van der Waals surface area contributed by atoms with Crippen LogP contribution in [0.5, 0.6) is 0 Å². The Bertz CT molecular complexity index is 430. The van der Waals surface area contributed by atoms with Crippen molar-refractivity contribution in [2.45, 2.75) is 226 Å². The second-order valence-electron chi connectivity index (χ2n) is 13.2. The van der Waals surface area contributed by atoms with Crippen molar-refractivity contribution >= 4 is 8.07 Å². The summed E-state index contributed by atoms with van der Waals surface area (Å²) in [4.78, 5) is 0. The second kappa shape index (κ2) is 31.5. The van der Waals surface area contributed by atoms with Gasteiger partial charge in [-0.1, -0.05) is 225 Å². The van der Waals surface area contributed by atoms with Crippen molar-refractivity contribution < 1.29 is 0 Å². The highest BCUT2D eigenvalue weighted by Gasteiger charge is 2.22. The summed E-state index contributed by atoms with van der Waals surface area (Å²) in [6.45, 7) is 9.67. The zero-order chi connectivity index (χ0) is 27.8. The maximum absolute atomic E-state index is 2.80. The van der Waals surface area contributed by atoms with Crippen LogP contribution in [-0.2, 0) is 0 Å². The van der Waals surface area contributed by atoms with Crippen molar-refractivity contribution in [3.8, 4) is 0 Å². The van der Waals surface area contributed by atoms with Crippen LogP contribution in [0.1, 0.15) is 207 Å². The summed E-state index contributed by atoms with van der Waals surface area (Å²) in [7, 11) is -1.20. The molecule has 0 saturated carbocycles. The van der Waals surface area contributed by atoms with Gasteiger partial charge >= 0.3 is 0 Å². The van der Waals surface area contributed by atoms with Gasteiger partial charge in [-0.2, -0.15) is 0 Å². The van der Waals surface area contributed by atoms with Crippen molar-refractivity contribution in [3.63, 3.8) is 0 Å². The largest absolute Gasteiger partial charge is 0.0984 e. The molecule has 0 rings (SSSR count). The molecule has 0 aromatic carbocycles. The van der Waals surface area contributed by atoms with Gasteiger partial charge < -0.3 is 0 Å². The number of allylic oxidation sites excluding steroid dienone is 1. The molecule has 0 bridgehead atoms. The molecule has 0 unspecified atom stereocenters. The fourth-order valence-corrected chi connectivity index (χ4v) is 9.52. The van der Waals surface area contributed by atoms with E-state index in [9.17, 15) is 0 Å². The van der Waals surface area contributed by atoms with E-state index in [-0.39, 0.29) is 0 Å². The summed E-state index contributed by atoms with van der Waals surface area (Å²) >= 11 is 0. The lowest BCUT2D eigenvalue weighted by molar-refractivity contribution is 0.559. The molecule has 38 heavy (non-hydrogen) atoms. The van der Waals surface area contributed by atoms with E-state index < -0.39 is 8.07 Å². The summed E-state index contributed by atoms with van der Waals surface area (Å²) in [6, 6.07) is 3.10. The van der Waals surface area contributed by atoms with Gasteiger partial charge in [0.15, 0.2) is 0 Å². The highest BCUT2D eigenvalue weighted by atomic mass is 28.3. The van der Waals surface area contributed by atoms with Crippen molar-refractivity contribution in [2.24, 2.45) is 0 Å². The van der Waals surface area contributed by atoms with Crippen LogP contribution in [0.4, 0.5) is 0 Å². The summed E-state index contributed by atoms with van der Waals surface area (Å²) < 4.78 is 0. The normalized spacial score (nSPS) is 12.2. The summed E-state index contributed by atoms with van der Waals surface area (Å²) in [6.07, 6.45) is 44.8. The predicted molar refractivity (Wildman–Crippen MR) is 181 cm³/mol. The molecule has 0 aliphatic carbocycles. The van der Waals surface area contributed by atoms with Gasteiger partial charge in [0.25, 0.3) is 0 Å². The number of rotatable bonds is 32. The standard InChI is InChI=1S/C37H76Si/c1-5-8-11-14-17-20-23-26-29-32-35-38(4,36-33-30-27-24-21-18-15-12-9-6-2)37-34-31-28-25-22-19-16-13-10-7-3/h32,35H,5-31,33-34,36-37H2,1-4H3. The molecule has 0 aliphatic heterocycles. The highest BCUT2D eigenvalue weighted by molar-refractivity contribution is 6.83. The maximum Gasteiger partial charge on any atom is 0.0743 e. The van der Waals surface area contributed by atoms with Gasteiger partial charge in [0.1, 0.15) is 0 Å². The van der Waals surface area contributed by atoms with Crippen molar-refractivity contribution in [2.75, 3.05) is 0 Å². The van der Waals surface area contributed by atoms with Gasteiger partial charge in [-0.15, -0.1) is 0 Å². The van der Waals surface area contributed by atoms with Gasteiger partial charge in [0.2, 0.25) is 0 Å². The molecule has 0 radical (unpaired) electrons. The van der Waals surface area contributed by atoms with E-state index >= 15 is 0 Å². The monoisotopic (exact) mass is 549 g/mol. The van der Waals surface area contributed by atoms with Crippen LogP contribution in [0.2, 0.25) is 18.6 Å². The van der Waals surface area contributed by atoms with E-state index in [1.54, 1.807) is 12.1 Å². The summed E-state index contributed by atoms with van der Waals surface area (Å²) in [5.41, 5.74) is 2.80. The van der Waals surface area contributed by atoms with Crippen molar-refractivity contribution in [3.05, 3.63) is 11.8 Å². The zero-order valence-electron chi connectivity index (χ0n) is 27.6. The summed E-state index contributed by atoms with van der Waals surface area (Å²) in [5, 5.41) is 0. The molecule has 1 heteroatoms. The minimum absolute atomic E-state index is 1.20. The second-order valence-corrected chi connectivity index (χ2v) is 17.8. The molecule has 0 nitrogen and oxygen atoms in total. The average molecular weight is 549 g/mol. The fraction of sp³-hybridized carbons (Fsp3) is 0.946. The van der Waals surface area contributed by atoms with E-state index in [4.69, 9.17) is 0 Å². The topological polar surface area (TPSA) is 0 Å². The molecule has 0 aromatic heterocycles. The lowest BCUT2D eigenvalue weighted by Gasteiger charge is -2.24. The Morgan fingerprint density at radius 1 is 0.342 bits per heavy atom. The first-order valence-corrected chi connectivity index (χ1v) is 21.4. The maximum atomic E-state index is 2.80. The average Bonchev–Trinajstić information content (AvgIpc) is 2.92. The van der Waals surface area contributed by atoms with E-state index in [2.05, 4.69) is 39.1 Å². The molecule has 0 fully saturated rings. The Labute approximate surface area is 245 Å². The molecular weight excluding hydrogens is 472 g/mol. The van der Waals surface area contributed by atoms with Gasteiger partial charge in [0, 0.05) is 0 Å². The smallest absolute Gasteiger partial charge is 0.0743 e. The molecule has 0 aliphatic rings. The molecular formula is C37H76Si. The Balaban J connectivity index is 4.15. The first-order chi connectivity index (χ1) is 18.7. The van der Waals surface area contributed by atoms with Gasteiger partial charge in [0.05, 0.1) is 8.07 Å². The molecule has 0 heterocycles. The molecule has 0 N–H and O–H groups in total. The van der Waals surface area contributed by atoms with Crippen LogP contribution < -0.4 is 0 Å². The third-order valence-electron chi connectivity index (χ3n) is 8.95. The SMILES string of the molecule is CCCCCCCCCCC=C[Si](C)(CCCCCCCCCCCC)CCCCCCCCCCCC. The van der Waals surface area contributed by atoms with Gasteiger partial charge in [-0.3, -0.25) is 0 Å². The zero-order valence-corrected chi connectivity index (χ0v) is 28.6. The predicted octanol–water partition coefficient (Wildman–Crippen LogP) is 14.5. The number of hydrogen-bond donors (Lipinski definition) is 0. The lowest BCUT2D eigenvalue weighted by atomic mass is 10.1. The van der Waals surface area contributed by atoms with Crippen LogP contribution in [0, 0.1) is 0 Å². The quantitative estimate of drug-likeness (QED) is 0.0579. The minimum atomic E-state index is -1.20. The number of hydrogen-bond acceptors (Lipinski definition) is 0. The van der Waals surface area contributed by atoms with Crippen LogP contribution in [0.15, 0.2) is 11.8 Å². The minimum Gasteiger partial charge on any atom is -0.0984 e. The lowest BCUT2D eigenvalue weighted by Crippen LogP contribution is -2.27. The van der Waals surface area contributed by atoms with Crippen LogP contribution in [-0.4, -0.2) is 8.07 Å². The summed E-state index contributed by atoms with van der Waals surface area (Å²) in [5.74, 6) is 0. The van der Waals surface area contributed by atoms with E-state index in [1.807, 2.05) is 0 Å². The first kappa shape index (κ1) is 38.0. The Kier molecular flexibility index (Phi) is 31.4. The Hall–Kier alpha value is -0.0431. The molecule has 0 aromatic rings. The molecule has 228 valence electrons. The van der Waals surface area contributed by atoms with Crippen LogP contribution in [0.25, 0.3) is 0 Å². The molecule has 0 spiro atoms. The van der Waals surface area contributed by atoms with Crippen LogP contribution >= 0.6 is 0 Å². The highest BCUT2D eigenvalue weighted by Crippen LogP contribution is 2.26. The number of unbranched alkanes of at least 4 members (excludes halogenated alkanes) is 26. The van der Waals surface area contributed by atoms with Gasteiger partial charge in [-0.05, 0) is 12.8 Å². The van der Waals surface area contributed by atoms with E-state index in [0.717, 1.165) is 0 Å². The van der Waals surface area contributed by atoms with E-state index in [1.165, 1.54) is 186 Å². The van der Waals surface area contributed by atoms with Crippen molar-refractivity contribution in [1.82, 2.24) is 0 Å². The van der Waals surface area contributed by atoms with Crippen LogP contribution in [0.3, 0.4) is 0 Å². The molecule has 0 amide bonds. The first-order valence-electron chi connectivity index (χ1n) is 18.4. The molecule has 0 atom stereocenters.